The summed E-state index contributed by atoms with van der Waals surface area (Å²) in [6, 6.07) is 4.26. The molecule has 1 aromatic carbocycles. The van der Waals surface area contributed by atoms with Crippen molar-refractivity contribution in [2.75, 3.05) is 0 Å². The molecule has 1 heterocycles. The van der Waals surface area contributed by atoms with Crippen LogP contribution in [0.15, 0.2) is 30.6 Å². The number of nitrogens with zero attached hydrogens (tertiary/aromatic N) is 1. The van der Waals surface area contributed by atoms with Crippen LogP contribution in [0.2, 0.25) is 5.02 Å². The van der Waals surface area contributed by atoms with Gasteiger partial charge in [0, 0.05) is 23.8 Å². The molecular weight excluding hydrogens is 231 g/mol. The van der Waals surface area contributed by atoms with Crippen molar-refractivity contribution in [3.05, 3.63) is 52.8 Å². The lowest BCUT2D eigenvalue weighted by Crippen LogP contribution is -2.05. The molecule has 1 atom stereocenters. The van der Waals surface area contributed by atoms with E-state index in [4.69, 9.17) is 11.6 Å². The number of hydrogen-bond donors (Lipinski definition) is 2. The zero-order chi connectivity index (χ0) is 11.5. The molecule has 0 amide bonds. The minimum atomic E-state index is -0.858. The number of halogens is 2. The number of aliphatic hydroxyl groups is 1. The van der Waals surface area contributed by atoms with Crippen molar-refractivity contribution >= 4 is 11.6 Å². The first kappa shape index (κ1) is 11.1. The lowest BCUT2D eigenvalue weighted by molar-refractivity contribution is 0.168. The number of rotatable bonds is 3. The van der Waals surface area contributed by atoms with Gasteiger partial charge in [-0.05, 0) is 23.8 Å². The number of aromatic amines is 1. The van der Waals surface area contributed by atoms with E-state index in [1.54, 1.807) is 6.20 Å². The van der Waals surface area contributed by atoms with E-state index in [0.717, 1.165) is 0 Å². The highest BCUT2D eigenvalue weighted by Crippen LogP contribution is 2.20. The Balaban J connectivity index is 2.17. The summed E-state index contributed by atoms with van der Waals surface area (Å²) in [7, 11) is 0. The number of benzene rings is 1. The zero-order valence-electron chi connectivity index (χ0n) is 8.32. The maximum atomic E-state index is 13.4. The second-order valence-corrected chi connectivity index (χ2v) is 3.87. The van der Waals surface area contributed by atoms with Gasteiger partial charge in [0.05, 0.1) is 0 Å². The SMILES string of the molecule is OC(Cc1cc(Cl)ccc1F)c1ncc[nH]1. The van der Waals surface area contributed by atoms with Crippen LogP contribution in [0.3, 0.4) is 0 Å². The van der Waals surface area contributed by atoms with Gasteiger partial charge in [-0.15, -0.1) is 0 Å². The average Bonchev–Trinajstić information content (AvgIpc) is 2.76. The quantitative estimate of drug-likeness (QED) is 0.866. The van der Waals surface area contributed by atoms with Crippen LogP contribution in [0.25, 0.3) is 0 Å². The minimum Gasteiger partial charge on any atom is -0.385 e. The summed E-state index contributed by atoms with van der Waals surface area (Å²) in [5.41, 5.74) is 0.372. The molecule has 2 aromatic rings. The average molecular weight is 241 g/mol. The van der Waals surface area contributed by atoms with Gasteiger partial charge in [0.2, 0.25) is 0 Å². The van der Waals surface area contributed by atoms with Crippen molar-refractivity contribution in [2.24, 2.45) is 0 Å². The Bertz CT molecular complexity index is 473. The Morgan fingerprint density at radius 1 is 1.50 bits per heavy atom. The zero-order valence-corrected chi connectivity index (χ0v) is 9.08. The van der Waals surface area contributed by atoms with Crippen LogP contribution in [0.4, 0.5) is 4.39 Å². The fraction of sp³-hybridized carbons (Fsp3) is 0.182. The molecule has 0 saturated heterocycles. The Morgan fingerprint density at radius 2 is 2.31 bits per heavy atom. The number of imidazole rings is 1. The van der Waals surface area contributed by atoms with Crippen LogP contribution in [0, 0.1) is 5.82 Å². The second-order valence-electron chi connectivity index (χ2n) is 3.43. The Labute approximate surface area is 96.9 Å². The largest absolute Gasteiger partial charge is 0.385 e. The third-order valence-corrected chi connectivity index (χ3v) is 2.49. The first-order valence-electron chi connectivity index (χ1n) is 4.78. The van der Waals surface area contributed by atoms with Crippen LogP contribution >= 0.6 is 11.6 Å². The van der Waals surface area contributed by atoms with E-state index in [9.17, 15) is 9.50 Å². The summed E-state index contributed by atoms with van der Waals surface area (Å²) < 4.78 is 13.4. The maximum absolute atomic E-state index is 13.4. The molecule has 0 radical (unpaired) electrons. The van der Waals surface area contributed by atoms with E-state index in [1.165, 1.54) is 24.4 Å². The molecule has 0 aliphatic rings. The molecule has 16 heavy (non-hydrogen) atoms. The van der Waals surface area contributed by atoms with Crippen molar-refractivity contribution in [3.63, 3.8) is 0 Å². The van der Waals surface area contributed by atoms with E-state index in [2.05, 4.69) is 9.97 Å². The van der Waals surface area contributed by atoms with Gasteiger partial charge in [-0.2, -0.15) is 0 Å². The van der Waals surface area contributed by atoms with Crippen LogP contribution in [0.1, 0.15) is 17.5 Å². The summed E-state index contributed by atoms with van der Waals surface area (Å²) in [5.74, 6) is 0.0365. The van der Waals surface area contributed by atoms with Crippen molar-refractivity contribution in [2.45, 2.75) is 12.5 Å². The van der Waals surface area contributed by atoms with Gasteiger partial charge >= 0.3 is 0 Å². The third kappa shape index (κ3) is 2.40. The molecule has 0 spiro atoms. The van der Waals surface area contributed by atoms with Gasteiger partial charge in [-0.25, -0.2) is 9.37 Å². The summed E-state index contributed by atoms with van der Waals surface area (Å²) in [5, 5.41) is 10.2. The summed E-state index contributed by atoms with van der Waals surface area (Å²) in [6.07, 6.45) is 2.42. The van der Waals surface area contributed by atoms with E-state index in [0.29, 0.717) is 16.4 Å². The fourth-order valence-corrected chi connectivity index (χ4v) is 1.66. The highest BCUT2D eigenvalue weighted by Gasteiger charge is 2.13. The molecular formula is C11H10ClFN2O. The number of aromatic nitrogens is 2. The lowest BCUT2D eigenvalue weighted by Gasteiger charge is -2.08. The van der Waals surface area contributed by atoms with Crippen LogP contribution < -0.4 is 0 Å². The third-order valence-electron chi connectivity index (χ3n) is 2.26. The van der Waals surface area contributed by atoms with Gasteiger partial charge in [0.1, 0.15) is 17.7 Å². The monoisotopic (exact) mass is 240 g/mol. The highest BCUT2D eigenvalue weighted by atomic mass is 35.5. The maximum Gasteiger partial charge on any atom is 0.135 e. The predicted octanol–water partition coefficient (Wildman–Crippen LogP) is 2.48. The van der Waals surface area contributed by atoms with E-state index in [-0.39, 0.29) is 12.2 Å². The van der Waals surface area contributed by atoms with Gasteiger partial charge < -0.3 is 10.1 Å². The second kappa shape index (κ2) is 4.63. The first-order valence-corrected chi connectivity index (χ1v) is 5.16. The van der Waals surface area contributed by atoms with E-state index < -0.39 is 6.10 Å². The van der Waals surface area contributed by atoms with Gasteiger partial charge in [0.15, 0.2) is 0 Å². The van der Waals surface area contributed by atoms with Crippen molar-refractivity contribution in [3.8, 4) is 0 Å². The number of hydrogen-bond acceptors (Lipinski definition) is 2. The summed E-state index contributed by atoms with van der Waals surface area (Å²) >= 11 is 5.75. The normalized spacial score (nSPS) is 12.7. The smallest absolute Gasteiger partial charge is 0.135 e. The van der Waals surface area contributed by atoms with Crippen LogP contribution in [-0.4, -0.2) is 15.1 Å². The molecule has 0 saturated carbocycles. The first-order chi connectivity index (χ1) is 7.66. The predicted molar refractivity (Wildman–Crippen MR) is 58.7 cm³/mol. The molecule has 1 unspecified atom stereocenters. The fourth-order valence-electron chi connectivity index (χ4n) is 1.46. The molecule has 0 aliphatic carbocycles. The Morgan fingerprint density at radius 3 is 3.00 bits per heavy atom. The molecule has 3 nitrogen and oxygen atoms in total. The van der Waals surface area contributed by atoms with E-state index in [1.807, 2.05) is 0 Å². The minimum absolute atomic E-state index is 0.139. The lowest BCUT2D eigenvalue weighted by atomic mass is 10.1. The summed E-state index contributed by atoms with van der Waals surface area (Å²) in [6.45, 7) is 0. The molecule has 0 bridgehead atoms. The van der Waals surface area contributed by atoms with Crippen molar-refractivity contribution in [1.82, 2.24) is 9.97 Å². The van der Waals surface area contributed by atoms with Gasteiger partial charge in [-0.3, -0.25) is 0 Å². The molecule has 0 aliphatic heterocycles. The van der Waals surface area contributed by atoms with Crippen molar-refractivity contribution < 1.29 is 9.50 Å². The number of H-pyrrole nitrogens is 1. The molecule has 0 fully saturated rings. The molecule has 1 aromatic heterocycles. The van der Waals surface area contributed by atoms with Crippen LogP contribution in [-0.2, 0) is 6.42 Å². The summed E-state index contributed by atoms with van der Waals surface area (Å²) in [4.78, 5) is 6.68. The van der Waals surface area contributed by atoms with E-state index >= 15 is 0 Å². The Kier molecular flexibility index (Phi) is 3.22. The molecule has 84 valence electrons. The Hall–Kier alpha value is -1.39. The molecule has 2 rings (SSSR count). The van der Waals surface area contributed by atoms with Gasteiger partial charge in [-0.1, -0.05) is 11.6 Å². The van der Waals surface area contributed by atoms with Gasteiger partial charge in [0.25, 0.3) is 0 Å². The number of aliphatic hydroxyl groups excluding tert-OH is 1. The topological polar surface area (TPSA) is 48.9 Å². The molecule has 5 heteroatoms. The standard InChI is InChI=1S/C11H10ClFN2O/c12-8-1-2-9(13)7(5-8)6-10(16)11-14-3-4-15-11/h1-5,10,16H,6H2,(H,14,15). The number of nitrogens with one attached hydrogen (secondary N) is 1. The molecule has 2 N–H and O–H groups in total. The van der Waals surface area contributed by atoms with Crippen LogP contribution in [0.5, 0.6) is 0 Å². The highest BCUT2D eigenvalue weighted by molar-refractivity contribution is 6.30. The van der Waals surface area contributed by atoms with Crippen molar-refractivity contribution in [1.29, 1.82) is 0 Å².